The minimum Gasteiger partial charge on any atom is -0.478 e. The highest BCUT2D eigenvalue weighted by Gasteiger charge is 2.31. The van der Waals surface area contributed by atoms with Gasteiger partial charge in [0.25, 0.3) is 0 Å². The van der Waals surface area contributed by atoms with Gasteiger partial charge in [-0.3, -0.25) is 0 Å². The van der Waals surface area contributed by atoms with Crippen molar-refractivity contribution < 1.29 is 9.90 Å². The standard InChI is InChI=1S/C15H22N2O2/c1-2-15(7-3-4-8-15)10-17-11-5-6-12(14(18)19)13(16)9-11/h5-6,9,17H,2-4,7-8,10,16H2,1H3,(H,18,19). The molecule has 0 aromatic heterocycles. The maximum absolute atomic E-state index is 10.9. The van der Waals surface area contributed by atoms with E-state index in [1.165, 1.54) is 32.1 Å². The molecule has 0 aliphatic heterocycles. The Kier molecular flexibility index (Phi) is 3.98. The second kappa shape index (κ2) is 5.51. The molecule has 4 heteroatoms. The Labute approximate surface area is 114 Å². The maximum Gasteiger partial charge on any atom is 0.337 e. The van der Waals surface area contributed by atoms with Gasteiger partial charge >= 0.3 is 5.97 Å². The van der Waals surface area contributed by atoms with Gasteiger partial charge in [-0.05, 0) is 42.9 Å². The Morgan fingerprint density at radius 3 is 2.63 bits per heavy atom. The smallest absolute Gasteiger partial charge is 0.337 e. The Balaban J connectivity index is 2.03. The lowest BCUT2D eigenvalue weighted by Gasteiger charge is -2.28. The van der Waals surface area contributed by atoms with E-state index in [0.29, 0.717) is 11.1 Å². The summed E-state index contributed by atoms with van der Waals surface area (Å²) in [6, 6.07) is 5.06. The number of rotatable bonds is 5. The first-order valence-corrected chi connectivity index (χ1v) is 6.93. The van der Waals surface area contributed by atoms with Crippen LogP contribution in [0.15, 0.2) is 18.2 Å². The quantitative estimate of drug-likeness (QED) is 0.711. The molecule has 0 saturated heterocycles. The number of carboxylic acids is 1. The number of hydrogen-bond donors (Lipinski definition) is 3. The fourth-order valence-corrected chi connectivity index (χ4v) is 2.94. The van der Waals surface area contributed by atoms with Gasteiger partial charge in [0.15, 0.2) is 0 Å². The van der Waals surface area contributed by atoms with Crippen LogP contribution in [0.5, 0.6) is 0 Å². The van der Waals surface area contributed by atoms with Crippen molar-refractivity contribution in [1.29, 1.82) is 0 Å². The van der Waals surface area contributed by atoms with Crippen LogP contribution >= 0.6 is 0 Å². The maximum atomic E-state index is 10.9. The van der Waals surface area contributed by atoms with E-state index in [9.17, 15) is 4.79 Å². The number of hydrogen-bond acceptors (Lipinski definition) is 3. The van der Waals surface area contributed by atoms with Crippen molar-refractivity contribution in [2.75, 3.05) is 17.6 Å². The minimum absolute atomic E-state index is 0.164. The normalized spacial score (nSPS) is 17.3. The first-order valence-electron chi connectivity index (χ1n) is 6.93. The van der Waals surface area contributed by atoms with E-state index in [0.717, 1.165) is 12.2 Å². The highest BCUT2D eigenvalue weighted by molar-refractivity contribution is 5.94. The lowest BCUT2D eigenvalue weighted by Crippen LogP contribution is -2.25. The molecule has 104 valence electrons. The van der Waals surface area contributed by atoms with E-state index in [-0.39, 0.29) is 5.56 Å². The molecule has 0 bridgehead atoms. The van der Waals surface area contributed by atoms with Crippen molar-refractivity contribution in [3.63, 3.8) is 0 Å². The molecule has 0 unspecified atom stereocenters. The molecule has 0 radical (unpaired) electrons. The average molecular weight is 262 g/mol. The first kappa shape index (κ1) is 13.7. The summed E-state index contributed by atoms with van der Waals surface area (Å²) in [5.41, 5.74) is 7.54. The van der Waals surface area contributed by atoms with E-state index in [1.807, 2.05) is 0 Å². The number of aromatic carboxylic acids is 1. The fourth-order valence-electron chi connectivity index (χ4n) is 2.94. The topological polar surface area (TPSA) is 75.3 Å². The van der Waals surface area contributed by atoms with Crippen LogP contribution in [0.1, 0.15) is 49.4 Å². The van der Waals surface area contributed by atoms with Gasteiger partial charge in [0.2, 0.25) is 0 Å². The van der Waals surface area contributed by atoms with E-state index in [1.54, 1.807) is 18.2 Å². The van der Waals surface area contributed by atoms with E-state index < -0.39 is 5.97 Å². The van der Waals surface area contributed by atoms with E-state index in [4.69, 9.17) is 10.8 Å². The molecule has 1 aromatic carbocycles. The number of benzene rings is 1. The van der Waals surface area contributed by atoms with Crippen molar-refractivity contribution in [3.8, 4) is 0 Å². The van der Waals surface area contributed by atoms with Crippen molar-refractivity contribution >= 4 is 17.3 Å². The monoisotopic (exact) mass is 262 g/mol. The molecule has 19 heavy (non-hydrogen) atoms. The molecule has 1 saturated carbocycles. The minimum atomic E-state index is -0.982. The molecule has 1 aliphatic carbocycles. The Morgan fingerprint density at radius 1 is 1.42 bits per heavy atom. The lowest BCUT2D eigenvalue weighted by molar-refractivity contribution is 0.0698. The molecule has 1 fully saturated rings. The number of carbonyl (C=O) groups is 1. The Hall–Kier alpha value is -1.71. The number of nitrogens with two attached hydrogens (primary N) is 1. The summed E-state index contributed by atoms with van der Waals surface area (Å²) in [7, 11) is 0. The van der Waals surface area contributed by atoms with Crippen LogP contribution in [0.25, 0.3) is 0 Å². The predicted molar refractivity (Wildman–Crippen MR) is 77.5 cm³/mol. The third kappa shape index (κ3) is 3.00. The van der Waals surface area contributed by atoms with E-state index >= 15 is 0 Å². The van der Waals surface area contributed by atoms with Crippen molar-refractivity contribution in [2.24, 2.45) is 5.41 Å². The Bertz CT molecular complexity index is 465. The van der Waals surface area contributed by atoms with E-state index in [2.05, 4.69) is 12.2 Å². The summed E-state index contributed by atoms with van der Waals surface area (Å²) in [5, 5.41) is 12.4. The SMILES string of the molecule is CCC1(CNc2ccc(C(=O)O)c(N)c2)CCCC1. The molecular formula is C15H22N2O2. The van der Waals surface area contributed by atoms with Crippen LogP contribution in [0.4, 0.5) is 11.4 Å². The number of carboxylic acid groups (broad SMARTS) is 1. The largest absolute Gasteiger partial charge is 0.478 e. The summed E-state index contributed by atoms with van der Waals surface area (Å²) < 4.78 is 0. The summed E-state index contributed by atoms with van der Waals surface area (Å²) >= 11 is 0. The zero-order valence-electron chi connectivity index (χ0n) is 11.4. The van der Waals surface area contributed by atoms with Gasteiger partial charge in [-0.2, -0.15) is 0 Å². The molecule has 0 heterocycles. The molecule has 0 amide bonds. The molecule has 4 N–H and O–H groups in total. The molecule has 2 rings (SSSR count). The lowest BCUT2D eigenvalue weighted by atomic mass is 9.83. The van der Waals surface area contributed by atoms with Crippen LogP contribution in [-0.2, 0) is 0 Å². The van der Waals surface area contributed by atoms with Gasteiger partial charge in [0, 0.05) is 17.9 Å². The molecule has 1 aliphatic rings. The van der Waals surface area contributed by atoms with Gasteiger partial charge in [0.05, 0.1) is 5.56 Å². The van der Waals surface area contributed by atoms with Gasteiger partial charge < -0.3 is 16.2 Å². The summed E-state index contributed by atoms with van der Waals surface area (Å²) in [5.74, 6) is -0.982. The average Bonchev–Trinajstić information content (AvgIpc) is 2.85. The molecule has 0 spiro atoms. The summed E-state index contributed by atoms with van der Waals surface area (Å²) in [6.07, 6.45) is 6.37. The van der Waals surface area contributed by atoms with Gasteiger partial charge in [-0.15, -0.1) is 0 Å². The van der Waals surface area contributed by atoms with Crippen molar-refractivity contribution in [3.05, 3.63) is 23.8 Å². The fraction of sp³-hybridized carbons (Fsp3) is 0.533. The Morgan fingerprint density at radius 2 is 2.11 bits per heavy atom. The summed E-state index contributed by atoms with van der Waals surface area (Å²) in [6.45, 7) is 3.18. The van der Waals surface area contributed by atoms with Crippen molar-refractivity contribution in [2.45, 2.75) is 39.0 Å². The zero-order valence-corrected chi connectivity index (χ0v) is 11.4. The zero-order chi connectivity index (χ0) is 13.9. The van der Waals surface area contributed by atoms with Crippen molar-refractivity contribution in [1.82, 2.24) is 0 Å². The van der Waals surface area contributed by atoms with Crippen LogP contribution in [0.2, 0.25) is 0 Å². The number of anilines is 2. The van der Waals surface area contributed by atoms with Gasteiger partial charge in [-0.25, -0.2) is 4.79 Å². The number of nitrogens with one attached hydrogen (secondary N) is 1. The summed E-state index contributed by atoms with van der Waals surface area (Å²) in [4.78, 5) is 10.9. The van der Waals surface area contributed by atoms with Crippen LogP contribution in [0.3, 0.4) is 0 Å². The number of nitrogen functional groups attached to an aromatic ring is 1. The molecule has 1 aromatic rings. The first-order chi connectivity index (χ1) is 9.06. The van der Waals surface area contributed by atoms with Gasteiger partial charge in [0.1, 0.15) is 0 Å². The van der Waals surface area contributed by atoms with Crippen LogP contribution in [0, 0.1) is 5.41 Å². The second-order valence-electron chi connectivity index (χ2n) is 5.52. The highest BCUT2D eigenvalue weighted by Crippen LogP contribution is 2.41. The molecule has 4 nitrogen and oxygen atoms in total. The van der Waals surface area contributed by atoms with Gasteiger partial charge in [-0.1, -0.05) is 19.8 Å². The van der Waals surface area contributed by atoms with Crippen LogP contribution < -0.4 is 11.1 Å². The molecule has 0 atom stereocenters. The van der Waals surface area contributed by atoms with Crippen LogP contribution in [-0.4, -0.2) is 17.6 Å². The predicted octanol–water partition coefficient (Wildman–Crippen LogP) is 3.35. The second-order valence-corrected chi connectivity index (χ2v) is 5.52. The molecular weight excluding hydrogens is 240 g/mol. The third-order valence-corrected chi connectivity index (χ3v) is 4.36. The highest BCUT2D eigenvalue weighted by atomic mass is 16.4. The third-order valence-electron chi connectivity index (χ3n) is 4.36.